The smallest absolute Gasteiger partial charge is 0.256 e. The van der Waals surface area contributed by atoms with Gasteiger partial charge in [-0.2, -0.15) is 5.26 Å². The van der Waals surface area contributed by atoms with Crippen LogP contribution in [0.25, 0.3) is 0 Å². The molecule has 16 heavy (non-hydrogen) atoms. The van der Waals surface area contributed by atoms with Crippen molar-refractivity contribution in [2.24, 2.45) is 5.92 Å². The van der Waals surface area contributed by atoms with Gasteiger partial charge in [-0.1, -0.05) is 5.16 Å². The third-order valence-electron chi connectivity index (χ3n) is 2.99. The lowest BCUT2D eigenvalue weighted by Crippen LogP contribution is -2.37. The van der Waals surface area contributed by atoms with Crippen LogP contribution in [0.15, 0.2) is 10.7 Å². The Bertz CT molecular complexity index is 433. The second-order valence-electron chi connectivity index (χ2n) is 4.04. The molecule has 2 rings (SSSR count). The van der Waals surface area contributed by atoms with E-state index in [9.17, 15) is 4.79 Å². The molecule has 1 aliphatic carbocycles. The molecule has 84 valence electrons. The van der Waals surface area contributed by atoms with Crippen LogP contribution in [-0.2, 0) is 0 Å². The Hall–Kier alpha value is -1.83. The van der Waals surface area contributed by atoms with E-state index in [1.54, 1.807) is 6.92 Å². The summed E-state index contributed by atoms with van der Waals surface area (Å²) in [5.41, 5.74) is 0.448. The SMILES string of the molecule is Cc1oncc1C(=O)NC1CCCC1C#N. The summed E-state index contributed by atoms with van der Waals surface area (Å²) in [6.45, 7) is 1.69. The summed E-state index contributed by atoms with van der Waals surface area (Å²) >= 11 is 0. The fraction of sp³-hybridized carbons (Fsp3) is 0.545. The topological polar surface area (TPSA) is 78.9 Å². The van der Waals surface area contributed by atoms with Crippen molar-refractivity contribution < 1.29 is 9.32 Å². The first-order valence-electron chi connectivity index (χ1n) is 5.34. The highest BCUT2D eigenvalue weighted by Gasteiger charge is 2.29. The number of nitrogens with one attached hydrogen (secondary N) is 1. The summed E-state index contributed by atoms with van der Waals surface area (Å²) in [6, 6.07) is 2.19. The zero-order valence-electron chi connectivity index (χ0n) is 9.06. The van der Waals surface area contributed by atoms with Crippen LogP contribution in [-0.4, -0.2) is 17.1 Å². The van der Waals surface area contributed by atoms with E-state index in [1.807, 2.05) is 0 Å². The predicted molar refractivity (Wildman–Crippen MR) is 55.4 cm³/mol. The lowest BCUT2D eigenvalue weighted by molar-refractivity contribution is 0.0931. The van der Waals surface area contributed by atoms with Crippen LogP contribution in [0.5, 0.6) is 0 Å². The molecule has 0 aliphatic heterocycles. The first-order chi connectivity index (χ1) is 7.72. The Morgan fingerprint density at radius 2 is 2.50 bits per heavy atom. The van der Waals surface area contributed by atoms with E-state index in [2.05, 4.69) is 16.5 Å². The van der Waals surface area contributed by atoms with Crippen LogP contribution in [0.2, 0.25) is 0 Å². The van der Waals surface area contributed by atoms with Crippen molar-refractivity contribution in [2.75, 3.05) is 0 Å². The van der Waals surface area contributed by atoms with Crippen molar-refractivity contribution in [1.29, 1.82) is 5.26 Å². The minimum absolute atomic E-state index is 0.0354. The maximum atomic E-state index is 11.8. The van der Waals surface area contributed by atoms with Gasteiger partial charge in [0.15, 0.2) is 0 Å². The fourth-order valence-electron chi connectivity index (χ4n) is 2.05. The van der Waals surface area contributed by atoms with Crippen LogP contribution in [0.1, 0.15) is 35.4 Å². The third-order valence-corrected chi connectivity index (χ3v) is 2.99. The van der Waals surface area contributed by atoms with E-state index in [0.29, 0.717) is 11.3 Å². The molecule has 0 saturated heterocycles. The summed E-state index contributed by atoms with van der Waals surface area (Å²) in [6.07, 6.45) is 4.13. The van der Waals surface area contributed by atoms with Crippen LogP contribution < -0.4 is 5.32 Å². The number of aromatic nitrogens is 1. The molecule has 1 aromatic heterocycles. The van der Waals surface area contributed by atoms with Gasteiger partial charge >= 0.3 is 0 Å². The summed E-state index contributed by atoms with van der Waals surface area (Å²) in [7, 11) is 0. The van der Waals surface area contributed by atoms with Gasteiger partial charge in [0.25, 0.3) is 5.91 Å². The summed E-state index contributed by atoms with van der Waals surface area (Å²) < 4.78 is 4.83. The molecule has 2 unspecified atom stereocenters. The van der Waals surface area contributed by atoms with Crippen molar-refractivity contribution in [3.63, 3.8) is 0 Å². The lowest BCUT2D eigenvalue weighted by atomic mass is 10.1. The van der Waals surface area contributed by atoms with Crippen molar-refractivity contribution in [1.82, 2.24) is 10.5 Å². The maximum Gasteiger partial charge on any atom is 0.256 e. The second kappa shape index (κ2) is 4.35. The number of hydrogen-bond donors (Lipinski definition) is 1. The normalized spacial score (nSPS) is 24.0. The molecule has 1 fully saturated rings. The van der Waals surface area contributed by atoms with E-state index < -0.39 is 0 Å². The highest BCUT2D eigenvalue weighted by atomic mass is 16.5. The number of nitrogens with zero attached hydrogens (tertiary/aromatic N) is 2. The Balaban J connectivity index is 2.03. The average Bonchev–Trinajstić information content (AvgIpc) is 2.86. The molecule has 5 nitrogen and oxygen atoms in total. The standard InChI is InChI=1S/C11H13N3O2/c1-7-9(6-13-16-7)11(15)14-10-4-2-3-8(10)5-12/h6,8,10H,2-4H2,1H3,(H,14,15). The van der Waals surface area contributed by atoms with Gasteiger partial charge in [0, 0.05) is 6.04 Å². The van der Waals surface area contributed by atoms with Crippen molar-refractivity contribution in [3.8, 4) is 6.07 Å². The molecule has 1 aliphatic rings. The fourth-order valence-corrected chi connectivity index (χ4v) is 2.05. The molecule has 5 heteroatoms. The molecule has 2 atom stereocenters. The Morgan fingerprint density at radius 1 is 1.69 bits per heavy atom. The van der Waals surface area contributed by atoms with Crippen molar-refractivity contribution in [2.45, 2.75) is 32.2 Å². The highest BCUT2D eigenvalue weighted by molar-refractivity contribution is 5.94. The number of carbonyl (C=O) groups is 1. The quantitative estimate of drug-likeness (QED) is 0.815. The van der Waals surface area contributed by atoms with Crippen LogP contribution in [0.4, 0.5) is 0 Å². The van der Waals surface area contributed by atoms with Crippen LogP contribution >= 0.6 is 0 Å². The molecule has 1 N–H and O–H groups in total. The number of hydrogen-bond acceptors (Lipinski definition) is 4. The minimum atomic E-state index is -0.203. The summed E-state index contributed by atoms with van der Waals surface area (Å²) in [4.78, 5) is 11.8. The predicted octanol–water partition coefficient (Wildman–Crippen LogP) is 1.41. The molecular formula is C11H13N3O2. The number of rotatable bonds is 2. The zero-order valence-corrected chi connectivity index (χ0v) is 9.06. The zero-order chi connectivity index (χ0) is 11.5. The van der Waals surface area contributed by atoms with Crippen molar-refractivity contribution in [3.05, 3.63) is 17.5 Å². The minimum Gasteiger partial charge on any atom is -0.361 e. The van der Waals surface area contributed by atoms with Gasteiger partial charge in [0.1, 0.15) is 11.3 Å². The molecular weight excluding hydrogens is 206 g/mol. The number of nitriles is 1. The summed E-state index contributed by atoms with van der Waals surface area (Å²) in [5, 5.41) is 15.3. The van der Waals surface area contributed by atoms with Crippen LogP contribution in [0, 0.1) is 24.2 Å². The maximum absolute atomic E-state index is 11.8. The molecule has 1 amide bonds. The van der Waals surface area contributed by atoms with E-state index >= 15 is 0 Å². The lowest BCUT2D eigenvalue weighted by Gasteiger charge is -2.14. The van der Waals surface area contributed by atoms with Gasteiger partial charge in [0.2, 0.25) is 0 Å². The van der Waals surface area contributed by atoms with Gasteiger partial charge in [-0.05, 0) is 26.2 Å². The summed E-state index contributed by atoms with van der Waals surface area (Å²) in [5.74, 6) is 0.235. The Morgan fingerprint density at radius 3 is 3.12 bits per heavy atom. The molecule has 1 heterocycles. The van der Waals surface area contributed by atoms with Crippen molar-refractivity contribution >= 4 is 5.91 Å². The Labute approximate surface area is 93.4 Å². The largest absolute Gasteiger partial charge is 0.361 e. The molecule has 1 aromatic rings. The molecule has 1 saturated carbocycles. The third kappa shape index (κ3) is 1.91. The molecule has 0 aromatic carbocycles. The van der Waals surface area contributed by atoms with E-state index in [0.717, 1.165) is 19.3 Å². The first kappa shape index (κ1) is 10.7. The first-order valence-corrected chi connectivity index (χ1v) is 5.34. The van der Waals surface area contributed by atoms with E-state index in [4.69, 9.17) is 9.78 Å². The number of carbonyl (C=O) groups excluding carboxylic acids is 1. The van der Waals surface area contributed by atoms with E-state index in [-0.39, 0.29) is 17.9 Å². The van der Waals surface area contributed by atoms with Gasteiger partial charge in [0.05, 0.1) is 18.2 Å². The van der Waals surface area contributed by atoms with Gasteiger partial charge in [-0.15, -0.1) is 0 Å². The monoisotopic (exact) mass is 219 g/mol. The number of amides is 1. The van der Waals surface area contributed by atoms with Gasteiger partial charge in [-0.3, -0.25) is 4.79 Å². The van der Waals surface area contributed by atoms with Gasteiger partial charge < -0.3 is 9.84 Å². The molecule has 0 bridgehead atoms. The van der Waals surface area contributed by atoms with Gasteiger partial charge in [-0.25, -0.2) is 0 Å². The molecule has 0 radical (unpaired) electrons. The van der Waals surface area contributed by atoms with E-state index in [1.165, 1.54) is 6.20 Å². The second-order valence-corrected chi connectivity index (χ2v) is 4.04. The number of aryl methyl sites for hydroxylation is 1. The van der Waals surface area contributed by atoms with Crippen LogP contribution in [0.3, 0.4) is 0 Å². The Kier molecular flexibility index (Phi) is 2.91. The highest BCUT2D eigenvalue weighted by Crippen LogP contribution is 2.25. The molecule has 0 spiro atoms. The average molecular weight is 219 g/mol.